The van der Waals surface area contributed by atoms with Crippen molar-refractivity contribution < 1.29 is 4.79 Å². The smallest absolute Gasteiger partial charge is 0.274 e. The van der Waals surface area contributed by atoms with Gasteiger partial charge in [0, 0.05) is 31.7 Å². The largest absolute Gasteiger partial charge is 0.337 e. The number of nitrogens with zero attached hydrogens (tertiary/aromatic N) is 4. The van der Waals surface area contributed by atoms with Gasteiger partial charge in [-0.1, -0.05) is 0 Å². The number of carbonyl (C=O) groups excluding carboxylic acids is 1. The highest BCUT2D eigenvalue weighted by Crippen LogP contribution is 2.21. The first-order chi connectivity index (χ1) is 8.66. The topological polar surface area (TPSA) is 41.4 Å². The summed E-state index contributed by atoms with van der Waals surface area (Å²) in [5.41, 5.74) is 2.94. The normalized spacial score (nSPS) is 20.2. The Morgan fingerprint density at radius 2 is 1.89 bits per heavy atom. The van der Waals surface area contributed by atoms with E-state index < -0.39 is 0 Å². The fourth-order valence-electron chi connectivity index (χ4n) is 2.84. The lowest BCUT2D eigenvalue weighted by molar-refractivity contribution is 0.0785. The molecule has 0 unspecified atom stereocenters. The van der Waals surface area contributed by atoms with Gasteiger partial charge in [0.05, 0.1) is 12.2 Å². The van der Waals surface area contributed by atoms with E-state index in [1.807, 2.05) is 16.5 Å². The second-order valence-corrected chi connectivity index (χ2v) is 5.38. The zero-order valence-corrected chi connectivity index (χ0v) is 11.1. The zero-order valence-electron chi connectivity index (χ0n) is 11.1. The number of amides is 1. The van der Waals surface area contributed by atoms with Crippen LogP contribution in [0.3, 0.4) is 0 Å². The van der Waals surface area contributed by atoms with Gasteiger partial charge >= 0.3 is 0 Å². The van der Waals surface area contributed by atoms with Crippen molar-refractivity contribution in [2.75, 3.05) is 26.7 Å². The molecule has 3 rings (SSSR count). The van der Waals surface area contributed by atoms with Crippen LogP contribution < -0.4 is 0 Å². The Hall–Kier alpha value is -1.36. The van der Waals surface area contributed by atoms with Gasteiger partial charge in [-0.2, -0.15) is 5.10 Å². The minimum atomic E-state index is 0.120. The number of fused-ring (bicyclic) bond motifs is 1. The SMILES string of the molecule is Cc1c(C(=O)N2CCCC2)nn2c1CN(C)CC2. The van der Waals surface area contributed by atoms with Gasteiger partial charge in [0.2, 0.25) is 0 Å². The maximum atomic E-state index is 12.4. The van der Waals surface area contributed by atoms with E-state index in [0.29, 0.717) is 5.69 Å². The third-order valence-electron chi connectivity index (χ3n) is 4.03. The van der Waals surface area contributed by atoms with E-state index in [1.54, 1.807) is 0 Å². The lowest BCUT2D eigenvalue weighted by atomic mass is 10.1. The van der Waals surface area contributed by atoms with Gasteiger partial charge in [-0.3, -0.25) is 14.4 Å². The summed E-state index contributed by atoms with van der Waals surface area (Å²) >= 11 is 0. The molecule has 1 aromatic heterocycles. The molecule has 1 aromatic rings. The standard InChI is InChI=1S/C13H20N4O/c1-10-11-9-15(2)7-8-17(11)14-12(10)13(18)16-5-3-4-6-16/h3-9H2,1-2H3. The number of carbonyl (C=O) groups is 1. The Labute approximate surface area is 107 Å². The predicted molar refractivity (Wildman–Crippen MR) is 68.4 cm³/mol. The molecule has 1 saturated heterocycles. The van der Waals surface area contributed by atoms with Crippen LogP contribution in [0.25, 0.3) is 0 Å². The fraction of sp³-hybridized carbons (Fsp3) is 0.692. The molecule has 0 atom stereocenters. The van der Waals surface area contributed by atoms with Crippen LogP contribution in [0.1, 0.15) is 34.6 Å². The summed E-state index contributed by atoms with van der Waals surface area (Å²) in [6, 6.07) is 0. The van der Waals surface area contributed by atoms with Crippen LogP contribution in [0.15, 0.2) is 0 Å². The van der Waals surface area contributed by atoms with E-state index in [-0.39, 0.29) is 5.91 Å². The highest BCUT2D eigenvalue weighted by molar-refractivity contribution is 5.94. The lowest BCUT2D eigenvalue weighted by Gasteiger charge is -2.23. The van der Waals surface area contributed by atoms with E-state index in [2.05, 4.69) is 17.0 Å². The molecule has 2 aliphatic rings. The fourth-order valence-corrected chi connectivity index (χ4v) is 2.84. The number of hydrogen-bond acceptors (Lipinski definition) is 3. The Morgan fingerprint density at radius 3 is 2.61 bits per heavy atom. The van der Waals surface area contributed by atoms with Crippen LogP contribution in [0.5, 0.6) is 0 Å². The van der Waals surface area contributed by atoms with Gasteiger partial charge in [-0.25, -0.2) is 0 Å². The summed E-state index contributed by atoms with van der Waals surface area (Å²) in [6.07, 6.45) is 2.25. The molecule has 0 bridgehead atoms. The second-order valence-electron chi connectivity index (χ2n) is 5.38. The monoisotopic (exact) mass is 248 g/mol. The first-order valence-corrected chi connectivity index (χ1v) is 6.71. The van der Waals surface area contributed by atoms with Crippen LogP contribution >= 0.6 is 0 Å². The Morgan fingerprint density at radius 1 is 1.17 bits per heavy atom. The highest BCUT2D eigenvalue weighted by Gasteiger charge is 2.27. The average molecular weight is 248 g/mol. The predicted octanol–water partition coefficient (Wildman–Crippen LogP) is 0.873. The molecule has 0 N–H and O–H groups in total. The van der Waals surface area contributed by atoms with E-state index in [9.17, 15) is 4.79 Å². The number of aromatic nitrogens is 2. The van der Waals surface area contributed by atoms with Crippen molar-refractivity contribution in [3.63, 3.8) is 0 Å². The summed E-state index contributed by atoms with van der Waals surface area (Å²) in [6.45, 7) is 6.60. The quantitative estimate of drug-likeness (QED) is 0.740. The Bertz CT molecular complexity index is 474. The molecule has 0 radical (unpaired) electrons. The van der Waals surface area contributed by atoms with Crippen LogP contribution in [0.2, 0.25) is 0 Å². The molecule has 1 amide bonds. The van der Waals surface area contributed by atoms with Crippen LogP contribution in [-0.2, 0) is 13.1 Å². The number of likely N-dealkylation sites (N-methyl/N-ethyl adjacent to an activating group) is 1. The van der Waals surface area contributed by atoms with Gasteiger partial charge in [0.25, 0.3) is 5.91 Å². The number of rotatable bonds is 1. The first-order valence-electron chi connectivity index (χ1n) is 6.71. The molecule has 2 aliphatic heterocycles. The van der Waals surface area contributed by atoms with Gasteiger partial charge in [-0.15, -0.1) is 0 Å². The highest BCUT2D eigenvalue weighted by atomic mass is 16.2. The molecule has 18 heavy (non-hydrogen) atoms. The molecule has 0 spiro atoms. The maximum absolute atomic E-state index is 12.4. The number of likely N-dealkylation sites (tertiary alicyclic amines) is 1. The van der Waals surface area contributed by atoms with Crippen LogP contribution in [0.4, 0.5) is 0 Å². The molecule has 0 aromatic carbocycles. The van der Waals surface area contributed by atoms with Gasteiger partial charge in [0.1, 0.15) is 0 Å². The molecule has 5 heteroatoms. The Balaban J connectivity index is 1.91. The molecular formula is C13H20N4O. The van der Waals surface area contributed by atoms with Gasteiger partial charge in [-0.05, 0) is 26.8 Å². The second kappa shape index (κ2) is 4.39. The summed E-state index contributed by atoms with van der Waals surface area (Å²) in [5, 5.41) is 4.53. The third kappa shape index (κ3) is 1.82. The minimum Gasteiger partial charge on any atom is -0.337 e. The molecule has 0 aliphatic carbocycles. The van der Waals surface area contributed by atoms with E-state index in [4.69, 9.17) is 0 Å². The average Bonchev–Trinajstić information content (AvgIpc) is 2.98. The van der Waals surface area contributed by atoms with Gasteiger partial charge < -0.3 is 4.90 Å². The molecule has 98 valence electrons. The molecular weight excluding hydrogens is 228 g/mol. The van der Waals surface area contributed by atoms with E-state index >= 15 is 0 Å². The van der Waals surface area contributed by atoms with Crippen molar-refractivity contribution in [2.45, 2.75) is 32.9 Å². The van der Waals surface area contributed by atoms with Crippen molar-refractivity contribution in [2.24, 2.45) is 0 Å². The van der Waals surface area contributed by atoms with Crippen molar-refractivity contribution in [3.8, 4) is 0 Å². The molecule has 0 saturated carbocycles. The summed E-state index contributed by atoms with van der Waals surface area (Å²) in [5.74, 6) is 0.120. The molecule has 3 heterocycles. The van der Waals surface area contributed by atoms with E-state index in [1.165, 1.54) is 5.69 Å². The van der Waals surface area contributed by atoms with Crippen molar-refractivity contribution in [1.29, 1.82) is 0 Å². The third-order valence-corrected chi connectivity index (χ3v) is 4.03. The van der Waals surface area contributed by atoms with Crippen molar-refractivity contribution >= 4 is 5.91 Å². The summed E-state index contributed by atoms with van der Waals surface area (Å²) in [4.78, 5) is 16.6. The maximum Gasteiger partial charge on any atom is 0.274 e. The van der Waals surface area contributed by atoms with Crippen LogP contribution in [-0.4, -0.2) is 52.2 Å². The Kier molecular flexibility index (Phi) is 2.86. The van der Waals surface area contributed by atoms with Crippen molar-refractivity contribution in [1.82, 2.24) is 19.6 Å². The summed E-state index contributed by atoms with van der Waals surface area (Å²) in [7, 11) is 2.11. The molecule has 1 fully saturated rings. The van der Waals surface area contributed by atoms with Crippen molar-refractivity contribution in [3.05, 3.63) is 17.0 Å². The molecule has 5 nitrogen and oxygen atoms in total. The van der Waals surface area contributed by atoms with E-state index in [0.717, 1.165) is 51.1 Å². The first kappa shape index (κ1) is 11.7. The zero-order chi connectivity index (χ0) is 12.7. The lowest BCUT2D eigenvalue weighted by Crippen LogP contribution is -2.31. The number of hydrogen-bond donors (Lipinski definition) is 0. The summed E-state index contributed by atoms with van der Waals surface area (Å²) < 4.78 is 2.01. The van der Waals surface area contributed by atoms with Crippen LogP contribution in [0, 0.1) is 6.92 Å². The van der Waals surface area contributed by atoms with Gasteiger partial charge in [0.15, 0.2) is 5.69 Å². The minimum absolute atomic E-state index is 0.120.